The molecule has 2 heterocycles. The molecule has 2 N–H and O–H groups in total. The standard InChI is InChI=1S/C16H24N4O/c1-11(2)12(3)19-15(21)10-20-9-13(8-17-4)14-6-5-7-18-16(14)20/h5-7,9,11-12,17H,8,10H2,1-4H3,(H,19,21). The van der Waals surface area contributed by atoms with E-state index in [0.29, 0.717) is 12.5 Å². The summed E-state index contributed by atoms with van der Waals surface area (Å²) in [5, 5.41) is 7.27. The second kappa shape index (κ2) is 6.72. The highest BCUT2D eigenvalue weighted by atomic mass is 16.2. The number of rotatable bonds is 6. The molecule has 0 saturated heterocycles. The maximum Gasteiger partial charge on any atom is 0.240 e. The number of nitrogens with one attached hydrogen (secondary N) is 2. The lowest BCUT2D eigenvalue weighted by atomic mass is 10.1. The molecule has 0 saturated carbocycles. The fourth-order valence-electron chi connectivity index (χ4n) is 2.27. The van der Waals surface area contributed by atoms with Gasteiger partial charge in [0.15, 0.2) is 0 Å². The van der Waals surface area contributed by atoms with Gasteiger partial charge in [0.25, 0.3) is 0 Å². The summed E-state index contributed by atoms with van der Waals surface area (Å²) in [6.45, 7) is 7.29. The third-order valence-corrected chi connectivity index (χ3v) is 3.79. The molecule has 0 bridgehead atoms. The van der Waals surface area contributed by atoms with Gasteiger partial charge in [0.1, 0.15) is 12.2 Å². The zero-order chi connectivity index (χ0) is 15.4. The molecule has 0 aliphatic rings. The van der Waals surface area contributed by atoms with E-state index in [2.05, 4.69) is 29.5 Å². The van der Waals surface area contributed by atoms with Crippen molar-refractivity contribution in [3.8, 4) is 0 Å². The molecule has 0 radical (unpaired) electrons. The molecule has 0 aliphatic carbocycles. The van der Waals surface area contributed by atoms with Gasteiger partial charge in [-0.3, -0.25) is 4.79 Å². The molecule has 5 heteroatoms. The highest BCUT2D eigenvalue weighted by Gasteiger charge is 2.14. The van der Waals surface area contributed by atoms with Crippen LogP contribution in [0.1, 0.15) is 26.3 Å². The minimum absolute atomic E-state index is 0.0229. The predicted molar refractivity (Wildman–Crippen MR) is 84.9 cm³/mol. The first-order chi connectivity index (χ1) is 10.0. The third-order valence-electron chi connectivity index (χ3n) is 3.79. The van der Waals surface area contributed by atoms with E-state index in [-0.39, 0.29) is 11.9 Å². The normalized spacial score (nSPS) is 12.8. The van der Waals surface area contributed by atoms with Gasteiger partial charge >= 0.3 is 0 Å². The molecule has 0 aliphatic heterocycles. The van der Waals surface area contributed by atoms with E-state index in [9.17, 15) is 4.79 Å². The van der Waals surface area contributed by atoms with Crippen LogP contribution in [0.2, 0.25) is 0 Å². The Hall–Kier alpha value is -1.88. The Morgan fingerprint density at radius 3 is 2.81 bits per heavy atom. The van der Waals surface area contributed by atoms with E-state index in [1.807, 2.05) is 36.9 Å². The van der Waals surface area contributed by atoms with Crippen LogP contribution in [-0.4, -0.2) is 28.5 Å². The molecule has 1 atom stereocenters. The van der Waals surface area contributed by atoms with Crippen LogP contribution in [0.25, 0.3) is 11.0 Å². The lowest BCUT2D eigenvalue weighted by molar-refractivity contribution is -0.122. The molecular weight excluding hydrogens is 264 g/mol. The van der Waals surface area contributed by atoms with Crippen LogP contribution in [-0.2, 0) is 17.9 Å². The maximum atomic E-state index is 12.2. The van der Waals surface area contributed by atoms with E-state index in [4.69, 9.17) is 0 Å². The van der Waals surface area contributed by atoms with Crippen molar-refractivity contribution in [2.45, 2.75) is 39.9 Å². The lowest BCUT2D eigenvalue weighted by Crippen LogP contribution is -2.38. The Labute approximate surface area is 125 Å². The van der Waals surface area contributed by atoms with Crippen molar-refractivity contribution in [1.82, 2.24) is 20.2 Å². The number of carbonyl (C=O) groups is 1. The smallest absolute Gasteiger partial charge is 0.240 e. The Kier molecular flexibility index (Phi) is 4.96. The van der Waals surface area contributed by atoms with Crippen molar-refractivity contribution < 1.29 is 4.79 Å². The predicted octanol–water partition coefficient (Wildman–Crippen LogP) is 1.92. The van der Waals surface area contributed by atoms with Crippen molar-refractivity contribution in [3.63, 3.8) is 0 Å². The van der Waals surface area contributed by atoms with Gasteiger partial charge in [-0.15, -0.1) is 0 Å². The van der Waals surface area contributed by atoms with Gasteiger partial charge < -0.3 is 15.2 Å². The summed E-state index contributed by atoms with van der Waals surface area (Å²) < 4.78 is 1.92. The summed E-state index contributed by atoms with van der Waals surface area (Å²) in [7, 11) is 1.91. The number of fused-ring (bicyclic) bond motifs is 1. The highest BCUT2D eigenvalue weighted by molar-refractivity contribution is 5.83. The summed E-state index contributed by atoms with van der Waals surface area (Å²) in [6, 6.07) is 4.14. The summed E-state index contributed by atoms with van der Waals surface area (Å²) in [6.07, 6.45) is 3.77. The van der Waals surface area contributed by atoms with Crippen molar-refractivity contribution in [2.75, 3.05) is 7.05 Å². The molecule has 2 rings (SSSR count). The van der Waals surface area contributed by atoms with Gasteiger partial charge in [-0.1, -0.05) is 13.8 Å². The van der Waals surface area contributed by atoms with Crippen molar-refractivity contribution in [1.29, 1.82) is 0 Å². The van der Waals surface area contributed by atoms with Gasteiger partial charge in [0.05, 0.1) is 0 Å². The fourth-order valence-corrected chi connectivity index (χ4v) is 2.27. The number of aromatic nitrogens is 2. The molecule has 5 nitrogen and oxygen atoms in total. The molecular formula is C16H24N4O. The minimum atomic E-state index is 0.0229. The van der Waals surface area contributed by atoms with E-state index in [0.717, 1.165) is 23.1 Å². The first-order valence-corrected chi connectivity index (χ1v) is 7.39. The molecule has 2 aromatic heterocycles. The van der Waals surface area contributed by atoms with Gasteiger partial charge in [-0.05, 0) is 37.6 Å². The highest BCUT2D eigenvalue weighted by Crippen LogP contribution is 2.19. The number of pyridine rings is 1. The minimum Gasteiger partial charge on any atom is -0.352 e. The first-order valence-electron chi connectivity index (χ1n) is 7.39. The molecule has 0 fully saturated rings. The van der Waals surface area contributed by atoms with E-state index >= 15 is 0 Å². The zero-order valence-electron chi connectivity index (χ0n) is 13.2. The quantitative estimate of drug-likeness (QED) is 0.854. The van der Waals surface area contributed by atoms with E-state index in [1.54, 1.807) is 6.20 Å². The fraction of sp³-hybridized carbons (Fsp3) is 0.500. The Balaban J connectivity index is 2.20. The Bertz CT molecular complexity index is 618. The van der Waals surface area contributed by atoms with Crippen molar-refractivity contribution >= 4 is 16.9 Å². The number of nitrogens with zero attached hydrogens (tertiary/aromatic N) is 2. The average Bonchev–Trinajstić information content (AvgIpc) is 2.77. The third kappa shape index (κ3) is 3.61. The second-order valence-corrected chi connectivity index (χ2v) is 5.79. The monoisotopic (exact) mass is 288 g/mol. The number of hydrogen-bond acceptors (Lipinski definition) is 3. The summed E-state index contributed by atoms with van der Waals surface area (Å²) in [5.41, 5.74) is 2.01. The largest absolute Gasteiger partial charge is 0.352 e. The number of hydrogen-bond donors (Lipinski definition) is 2. The molecule has 21 heavy (non-hydrogen) atoms. The summed E-state index contributed by atoms with van der Waals surface area (Å²) >= 11 is 0. The van der Waals surface area contributed by atoms with Crippen LogP contribution in [0.15, 0.2) is 24.5 Å². The molecule has 0 spiro atoms. The van der Waals surface area contributed by atoms with Gasteiger partial charge in [-0.2, -0.15) is 0 Å². The molecule has 2 aromatic rings. The SMILES string of the molecule is CNCc1cn(CC(=O)NC(C)C(C)C)c2ncccc12. The molecule has 1 unspecified atom stereocenters. The van der Waals surface area contributed by atoms with Crippen molar-refractivity contribution in [3.05, 3.63) is 30.1 Å². The average molecular weight is 288 g/mol. The van der Waals surface area contributed by atoms with Crippen LogP contribution in [0.4, 0.5) is 0 Å². The second-order valence-electron chi connectivity index (χ2n) is 5.79. The van der Waals surface area contributed by atoms with Crippen LogP contribution >= 0.6 is 0 Å². The first kappa shape index (κ1) is 15.5. The maximum absolute atomic E-state index is 12.2. The van der Waals surface area contributed by atoms with E-state index < -0.39 is 0 Å². The molecule has 1 amide bonds. The molecule has 0 aromatic carbocycles. The van der Waals surface area contributed by atoms with Gasteiger partial charge in [-0.25, -0.2) is 4.98 Å². The van der Waals surface area contributed by atoms with Crippen LogP contribution in [0, 0.1) is 5.92 Å². The summed E-state index contributed by atoms with van der Waals surface area (Å²) in [5.74, 6) is 0.447. The lowest BCUT2D eigenvalue weighted by Gasteiger charge is -2.17. The number of amides is 1. The zero-order valence-corrected chi connectivity index (χ0v) is 13.2. The van der Waals surface area contributed by atoms with Crippen LogP contribution < -0.4 is 10.6 Å². The topological polar surface area (TPSA) is 59.0 Å². The van der Waals surface area contributed by atoms with Gasteiger partial charge in [0, 0.05) is 30.4 Å². The molecule has 114 valence electrons. The number of carbonyl (C=O) groups excluding carboxylic acids is 1. The van der Waals surface area contributed by atoms with Crippen molar-refractivity contribution in [2.24, 2.45) is 5.92 Å². The Morgan fingerprint density at radius 2 is 2.14 bits per heavy atom. The Morgan fingerprint density at radius 1 is 1.38 bits per heavy atom. The van der Waals surface area contributed by atoms with Gasteiger partial charge in [0.2, 0.25) is 5.91 Å². The van der Waals surface area contributed by atoms with Crippen LogP contribution in [0.3, 0.4) is 0 Å². The van der Waals surface area contributed by atoms with E-state index in [1.165, 1.54) is 0 Å². The van der Waals surface area contributed by atoms with Crippen LogP contribution in [0.5, 0.6) is 0 Å². The summed E-state index contributed by atoms with van der Waals surface area (Å²) in [4.78, 5) is 16.6.